The Kier molecular flexibility index (Phi) is 4.07. The van der Waals surface area contributed by atoms with Gasteiger partial charge in [0.05, 0.1) is 5.69 Å². The number of nitrogens with one attached hydrogen (secondary N) is 1. The van der Waals surface area contributed by atoms with E-state index in [-0.39, 0.29) is 0 Å². The third-order valence-electron chi connectivity index (χ3n) is 2.71. The molecule has 0 heterocycles. The van der Waals surface area contributed by atoms with E-state index in [4.69, 9.17) is 5.73 Å². The van der Waals surface area contributed by atoms with Gasteiger partial charge in [-0.15, -0.1) is 0 Å². The van der Waals surface area contributed by atoms with Crippen molar-refractivity contribution in [3.63, 3.8) is 0 Å². The highest BCUT2D eigenvalue weighted by atomic mass is 79.9. The van der Waals surface area contributed by atoms with E-state index in [9.17, 15) is 13.2 Å². The molecule has 0 aliphatic carbocycles. The number of hydrogen-bond donors (Lipinski definition) is 2. The Bertz CT molecular complexity index is 582. The van der Waals surface area contributed by atoms with E-state index < -0.39 is 20.5 Å². The second kappa shape index (κ2) is 4.89. The molecule has 0 bridgehead atoms. The van der Waals surface area contributed by atoms with Gasteiger partial charge in [0.25, 0.3) is 0 Å². The van der Waals surface area contributed by atoms with Crippen LogP contribution in [0.5, 0.6) is 0 Å². The molecule has 0 spiro atoms. The average molecular weight is 335 g/mol. The van der Waals surface area contributed by atoms with Gasteiger partial charge in [0.1, 0.15) is 4.75 Å². The first-order chi connectivity index (χ1) is 8.05. The van der Waals surface area contributed by atoms with Crippen molar-refractivity contribution in [3.05, 3.63) is 22.7 Å². The maximum absolute atomic E-state index is 12.0. The lowest BCUT2D eigenvalue weighted by atomic mass is 10.2. The summed E-state index contributed by atoms with van der Waals surface area (Å²) in [6, 6.07) is 4.90. The van der Waals surface area contributed by atoms with Gasteiger partial charge in [-0.2, -0.15) is 0 Å². The molecule has 18 heavy (non-hydrogen) atoms. The van der Waals surface area contributed by atoms with Crippen LogP contribution in [0, 0.1) is 0 Å². The van der Waals surface area contributed by atoms with Crippen molar-refractivity contribution in [2.75, 3.05) is 17.3 Å². The van der Waals surface area contributed by atoms with Crippen molar-refractivity contribution in [2.45, 2.75) is 18.6 Å². The van der Waals surface area contributed by atoms with Gasteiger partial charge >= 0.3 is 0 Å². The monoisotopic (exact) mass is 334 g/mol. The number of hydrogen-bond acceptors (Lipinski definition) is 4. The van der Waals surface area contributed by atoms with Crippen LogP contribution in [0.3, 0.4) is 0 Å². The highest BCUT2D eigenvalue weighted by Gasteiger charge is 2.38. The predicted octanol–water partition coefficient (Wildman–Crippen LogP) is 1.79. The Balaban J connectivity index is 3.06. The Morgan fingerprint density at radius 2 is 1.94 bits per heavy atom. The molecule has 0 aliphatic heterocycles. The molecule has 3 N–H and O–H groups in total. The minimum Gasteiger partial charge on any atom is -0.399 e. The summed E-state index contributed by atoms with van der Waals surface area (Å²) in [5.74, 6) is -0.601. The molecule has 1 rings (SSSR count). The van der Waals surface area contributed by atoms with Gasteiger partial charge in [-0.1, -0.05) is 0 Å². The number of carbonyl (C=O) groups is 1. The van der Waals surface area contributed by atoms with Crippen LogP contribution in [-0.2, 0) is 14.6 Å². The van der Waals surface area contributed by atoms with Crippen molar-refractivity contribution in [1.29, 1.82) is 0 Å². The predicted molar refractivity (Wildman–Crippen MR) is 76.1 cm³/mol. The van der Waals surface area contributed by atoms with Crippen LogP contribution in [0.25, 0.3) is 0 Å². The topological polar surface area (TPSA) is 89.3 Å². The molecule has 0 unspecified atom stereocenters. The molecule has 1 amide bonds. The third-order valence-corrected chi connectivity index (χ3v) is 5.44. The van der Waals surface area contributed by atoms with E-state index in [1.54, 1.807) is 18.2 Å². The fourth-order valence-electron chi connectivity index (χ4n) is 1.08. The number of carbonyl (C=O) groups excluding carboxylic acids is 1. The van der Waals surface area contributed by atoms with Crippen LogP contribution in [0.1, 0.15) is 13.8 Å². The maximum Gasteiger partial charge on any atom is 0.245 e. The molecule has 0 fully saturated rings. The van der Waals surface area contributed by atoms with Gasteiger partial charge in [0.15, 0.2) is 9.84 Å². The lowest BCUT2D eigenvalue weighted by Gasteiger charge is -2.21. The highest BCUT2D eigenvalue weighted by Crippen LogP contribution is 2.26. The van der Waals surface area contributed by atoms with Gasteiger partial charge in [0, 0.05) is 16.4 Å². The van der Waals surface area contributed by atoms with Crippen molar-refractivity contribution >= 4 is 43.0 Å². The quantitative estimate of drug-likeness (QED) is 0.824. The summed E-state index contributed by atoms with van der Waals surface area (Å²) in [7, 11) is -3.50. The van der Waals surface area contributed by atoms with Gasteiger partial charge in [-0.3, -0.25) is 4.79 Å². The molecule has 7 heteroatoms. The zero-order chi connectivity index (χ0) is 14.1. The van der Waals surface area contributed by atoms with Crippen LogP contribution >= 0.6 is 15.9 Å². The number of anilines is 2. The maximum atomic E-state index is 12.0. The standard InChI is InChI=1S/C11H15BrN2O3S/c1-11(2,18(3,16)17)10(15)14-9-6-7(13)4-5-8(9)12/h4-6H,13H2,1-3H3,(H,14,15). The van der Waals surface area contributed by atoms with E-state index >= 15 is 0 Å². The minimum atomic E-state index is -3.50. The van der Waals surface area contributed by atoms with Crippen molar-refractivity contribution in [2.24, 2.45) is 0 Å². The zero-order valence-corrected chi connectivity index (χ0v) is 12.7. The zero-order valence-electron chi connectivity index (χ0n) is 10.3. The van der Waals surface area contributed by atoms with Crippen LogP contribution in [-0.4, -0.2) is 25.3 Å². The number of benzene rings is 1. The van der Waals surface area contributed by atoms with Gasteiger partial charge in [-0.25, -0.2) is 8.42 Å². The average Bonchev–Trinajstić information content (AvgIpc) is 2.21. The molecule has 100 valence electrons. The molecule has 0 saturated heterocycles. The van der Waals surface area contributed by atoms with Crippen LogP contribution in [0.2, 0.25) is 0 Å². The molecule has 0 saturated carbocycles. The fourth-order valence-corrected chi connectivity index (χ4v) is 1.81. The summed E-state index contributed by atoms with van der Waals surface area (Å²) < 4.78 is 22.2. The summed E-state index contributed by atoms with van der Waals surface area (Å²) in [4.78, 5) is 12.0. The van der Waals surface area contributed by atoms with Gasteiger partial charge in [-0.05, 0) is 48.0 Å². The Hall–Kier alpha value is -1.08. The first-order valence-electron chi connectivity index (χ1n) is 5.12. The van der Waals surface area contributed by atoms with Crippen LogP contribution in [0.4, 0.5) is 11.4 Å². The van der Waals surface area contributed by atoms with E-state index in [2.05, 4.69) is 21.2 Å². The van der Waals surface area contributed by atoms with E-state index in [1.807, 2.05) is 0 Å². The smallest absolute Gasteiger partial charge is 0.245 e. The Labute approximate surface area is 115 Å². The SMILES string of the molecule is CC(C)(C(=O)Nc1cc(N)ccc1Br)S(C)(=O)=O. The van der Waals surface area contributed by atoms with Gasteiger partial charge in [0.2, 0.25) is 5.91 Å². The van der Waals surface area contributed by atoms with E-state index in [0.29, 0.717) is 15.8 Å². The number of amides is 1. The molecular weight excluding hydrogens is 320 g/mol. The first kappa shape index (κ1) is 15.0. The molecule has 0 aromatic heterocycles. The number of sulfone groups is 1. The van der Waals surface area contributed by atoms with E-state index in [1.165, 1.54) is 13.8 Å². The Morgan fingerprint density at radius 1 is 1.39 bits per heavy atom. The fraction of sp³-hybridized carbons (Fsp3) is 0.364. The molecule has 0 atom stereocenters. The molecule has 0 aliphatic rings. The van der Waals surface area contributed by atoms with Crippen molar-refractivity contribution in [3.8, 4) is 0 Å². The van der Waals surface area contributed by atoms with E-state index in [0.717, 1.165) is 6.26 Å². The van der Waals surface area contributed by atoms with Gasteiger partial charge < -0.3 is 11.1 Å². The number of nitrogens with two attached hydrogens (primary N) is 1. The minimum absolute atomic E-state index is 0.441. The van der Waals surface area contributed by atoms with Crippen molar-refractivity contribution in [1.82, 2.24) is 0 Å². The lowest BCUT2D eigenvalue weighted by Crippen LogP contribution is -2.43. The number of nitrogen functional groups attached to an aromatic ring is 1. The van der Waals surface area contributed by atoms with Crippen molar-refractivity contribution < 1.29 is 13.2 Å². The molecule has 1 aromatic rings. The lowest BCUT2D eigenvalue weighted by molar-refractivity contribution is -0.117. The number of rotatable bonds is 3. The Morgan fingerprint density at radius 3 is 2.44 bits per heavy atom. The normalized spacial score (nSPS) is 12.2. The summed E-state index contributed by atoms with van der Waals surface area (Å²) in [6.07, 6.45) is 1.03. The number of halogens is 1. The van der Waals surface area contributed by atoms with Crippen LogP contribution < -0.4 is 11.1 Å². The summed E-state index contributed by atoms with van der Waals surface area (Å²) in [6.45, 7) is 2.72. The highest BCUT2D eigenvalue weighted by molar-refractivity contribution is 9.10. The largest absolute Gasteiger partial charge is 0.399 e. The molecule has 0 radical (unpaired) electrons. The molecule has 5 nitrogen and oxygen atoms in total. The summed E-state index contributed by atoms with van der Waals surface area (Å²) >= 11 is 3.26. The second-order valence-corrected chi connectivity index (χ2v) is 7.90. The summed E-state index contributed by atoms with van der Waals surface area (Å²) in [5, 5.41) is 2.55. The van der Waals surface area contributed by atoms with Crippen LogP contribution in [0.15, 0.2) is 22.7 Å². The second-order valence-electron chi connectivity index (χ2n) is 4.48. The molecular formula is C11H15BrN2O3S. The summed E-state index contributed by atoms with van der Waals surface area (Å²) in [5.41, 5.74) is 6.53. The first-order valence-corrected chi connectivity index (χ1v) is 7.80. The molecule has 1 aromatic carbocycles. The third kappa shape index (κ3) is 3.02.